The van der Waals surface area contributed by atoms with E-state index >= 15 is 0 Å². The number of halogens is 1. The molecule has 0 radical (unpaired) electrons. The van der Waals surface area contributed by atoms with Crippen molar-refractivity contribution in [3.05, 3.63) is 53.1 Å². The van der Waals surface area contributed by atoms with Crippen LogP contribution in [0.25, 0.3) is 5.57 Å². The second kappa shape index (κ2) is 6.68. The lowest BCUT2D eigenvalue weighted by Gasteiger charge is -2.32. The van der Waals surface area contributed by atoms with Gasteiger partial charge in [-0.3, -0.25) is 0 Å². The molecule has 1 aliphatic heterocycles. The molecule has 2 aliphatic rings. The molecule has 0 spiro atoms. The molecule has 1 aromatic carbocycles. The maximum Gasteiger partial charge on any atom is 0.355 e. The zero-order valence-corrected chi connectivity index (χ0v) is 13.6. The minimum Gasteiger partial charge on any atom is -0.478 e. The number of carboxylic acid groups (broad SMARTS) is 1. The number of carboxylic acids is 1. The fraction of sp³-hybridized carbons (Fsp3) is 0.333. The Morgan fingerprint density at radius 2 is 1.92 bits per heavy atom. The van der Waals surface area contributed by atoms with Gasteiger partial charge in [0.25, 0.3) is 0 Å². The molecule has 1 saturated carbocycles. The number of hydrogen-bond donors (Lipinski definition) is 2. The number of carbonyl (C=O) groups is 2. The lowest BCUT2D eigenvalue weighted by atomic mass is 9.90. The van der Waals surface area contributed by atoms with Gasteiger partial charge >= 0.3 is 11.9 Å². The van der Waals surface area contributed by atoms with Crippen LogP contribution in [0.15, 0.2) is 41.7 Å². The molecule has 1 aliphatic carbocycles. The fourth-order valence-electron chi connectivity index (χ4n) is 2.86. The summed E-state index contributed by atoms with van der Waals surface area (Å²) in [5.74, 6) is -2.39. The fourth-order valence-corrected chi connectivity index (χ4v) is 2.86. The van der Waals surface area contributed by atoms with Gasteiger partial charge in [-0.05, 0) is 37.5 Å². The van der Waals surface area contributed by atoms with Crippen molar-refractivity contribution in [1.29, 1.82) is 0 Å². The van der Waals surface area contributed by atoms with Crippen LogP contribution in [0.2, 0.25) is 0 Å². The van der Waals surface area contributed by atoms with Crippen molar-refractivity contribution in [3.63, 3.8) is 0 Å². The molecule has 1 unspecified atom stereocenters. The second-order valence-electron chi connectivity index (χ2n) is 5.92. The van der Waals surface area contributed by atoms with E-state index in [4.69, 9.17) is 4.74 Å². The Balaban J connectivity index is 2.18. The quantitative estimate of drug-likeness (QED) is 0.791. The van der Waals surface area contributed by atoms with Gasteiger partial charge in [0.2, 0.25) is 0 Å². The molecule has 0 bridgehead atoms. The summed E-state index contributed by atoms with van der Waals surface area (Å²) >= 11 is 0. The molecule has 2 N–H and O–H groups in total. The molecular formula is C18H18FNO5. The predicted octanol–water partition coefficient (Wildman–Crippen LogP) is 1.91. The topological polar surface area (TPSA) is 87.1 Å². The molecule has 7 heteroatoms. The van der Waals surface area contributed by atoms with E-state index in [9.17, 15) is 24.2 Å². The van der Waals surface area contributed by atoms with Gasteiger partial charge in [-0.2, -0.15) is 0 Å². The van der Waals surface area contributed by atoms with Crippen LogP contribution in [-0.2, 0) is 14.3 Å². The van der Waals surface area contributed by atoms with Crippen LogP contribution < -0.4 is 0 Å². The Hall–Kier alpha value is -2.67. The van der Waals surface area contributed by atoms with Gasteiger partial charge in [-0.15, -0.1) is 0 Å². The molecule has 1 aromatic rings. The van der Waals surface area contributed by atoms with E-state index < -0.39 is 23.9 Å². The average Bonchev–Trinajstić information content (AvgIpc) is 3.40. The van der Waals surface area contributed by atoms with Crippen molar-refractivity contribution in [2.24, 2.45) is 0 Å². The zero-order chi connectivity index (χ0) is 18.1. The van der Waals surface area contributed by atoms with Crippen LogP contribution in [-0.4, -0.2) is 45.8 Å². The molecule has 0 amide bonds. The molecule has 25 heavy (non-hydrogen) atoms. The van der Waals surface area contributed by atoms with Crippen molar-refractivity contribution < 1.29 is 28.9 Å². The standard InChI is InChI=1S/C18H18FNO5/c1-2-25-18(24)15-14(10-3-5-11(19)6-4-10)16(21)13(17(22)23)9-20(15)12-7-8-12/h3-6,9,12,16,21H,2,7-8H2,1H3,(H,22,23). The molecular weight excluding hydrogens is 329 g/mol. The first kappa shape index (κ1) is 17.2. The van der Waals surface area contributed by atoms with E-state index in [1.165, 1.54) is 30.5 Å². The monoisotopic (exact) mass is 347 g/mol. The highest BCUT2D eigenvalue weighted by molar-refractivity contribution is 6.03. The summed E-state index contributed by atoms with van der Waals surface area (Å²) < 4.78 is 18.4. The third kappa shape index (κ3) is 3.28. The average molecular weight is 347 g/mol. The SMILES string of the molecule is CCOC(=O)C1=C(c2ccc(F)cc2)C(O)C(C(=O)O)=CN1C1CC1. The lowest BCUT2D eigenvalue weighted by Crippen LogP contribution is -2.37. The molecule has 1 atom stereocenters. The van der Waals surface area contributed by atoms with Crippen molar-refractivity contribution in [2.45, 2.75) is 31.9 Å². The molecule has 3 rings (SSSR count). The van der Waals surface area contributed by atoms with Gasteiger partial charge in [0.1, 0.15) is 17.6 Å². The summed E-state index contributed by atoms with van der Waals surface area (Å²) in [5.41, 5.74) is 0.354. The minimum atomic E-state index is -1.52. The van der Waals surface area contributed by atoms with Gasteiger partial charge < -0.3 is 19.8 Å². The summed E-state index contributed by atoms with van der Waals surface area (Å²) in [6, 6.07) is 5.18. The van der Waals surface area contributed by atoms with Gasteiger partial charge in [-0.25, -0.2) is 14.0 Å². The molecule has 1 heterocycles. The van der Waals surface area contributed by atoms with Gasteiger partial charge in [0.15, 0.2) is 0 Å². The van der Waals surface area contributed by atoms with E-state index in [0.717, 1.165) is 12.8 Å². The Kier molecular flexibility index (Phi) is 4.59. The van der Waals surface area contributed by atoms with Gasteiger partial charge in [0.05, 0.1) is 12.2 Å². The number of aliphatic carboxylic acids is 1. The van der Waals surface area contributed by atoms with E-state index in [1.807, 2.05) is 0 Å². The van der Waals surface area contributed by atoms with Gasteiger partial charge in [0, 0.05) is 17.8 Å². The van der Waals surface area contributed by atoms with E-state index in [2.05, 4.69) is 0 Å². The highest BCUT2D eigenvalue weighted by Crippen LogP contribution is 2.40. The number of hydrogen-bond acceptors (Lipinski definition) is 5. The highest BCUT2D eigenvalue weighted by Gasteiger charge is 2.41. The first-order chi connectivity index (χ1) is 11.9. The maximum atomic E-state index is 13.3. The number of aliphatic hydroxyl groups is 1. The Morgan fingerprint density at radius 3 is 2.44 bits per heavy atom. The number of rotatable bonds is 5. The van der Waals surface area contributed by atoms with Crippen molar-refractivity contribution in [1.82, 2.24) is 4.90 Å². The first-order valence-corrected chi connectivity index (χ1v) is 8.02. The smallest absolute Gasteiger partial charge is 0.355 e. The minimum absolute atomic E-state index is 0.0169. The molecule has 0 saturated heterocycles. The van der Waals surface area contributed by atoms with Crippen molar-refractivity contribution in [2.75, 3.05) is 6.61 Å². The zero-order valence-electron chi connectivity index (χ0n) is 13.6. The number of carbonyl (C=O) groups excluding carboxylic acids is 1. The molecule has 132 valence electrons. The number of benzene rings is 1. The van der Waals surface area contributed by atoms with Crippen LogP contribution in [0.1, 0.15) is 25.3 Å². The Labute approximate surface area is 143 Å². The number of aliphatic hydroxyl groups excluding tert-OH is 1. The Bertz CT molecular complexity index is 764. The van der Waals surface area contributed by atoms with Crippen LogP contribution in [0.3, 0.4) is 0 Å². The lowest BCUT2D eigenvalue weighted by molar-refractivity contribution is -0.140. The summed E-state index contributed by atoms with van der Waals surface area (Å²) in [6.07, 6.45) is 1.39. The number of nitrogens with zero attached hydrogens (tertiary/aromatic N) is 1. The van der Waals surface area contributed by atoms with E-state index in [1.54, 1.807) is 11.8 Å². The van der Waals surface area contributed by atoms with Crippen LogP contribution in [0, 0.1) is 5.82 Å². The summed E-state index contributed by atoms with van der Waals surface area (Å²) in [7, 11) is 0. The van der Waals surface area contributed by atoms with Gasteiger partial charge in [-0.1, -0.05) is 12.1 Å². The molecule has 6 nitrogen and oxygen atoms in total. The maximum absolute atomic E-state index is 13.3. The summed E-state index contributed by atoms with van der Waals surface area (Å²) in [6.45, 7) is 1.80. The summed E-state index contributed by atoms with van der Waals surface area (Å²) in [5, 5.41) is 20.0. The van der Waals surface area contributed by atoms with Crippen LogP contribution in [0.4, 0.5) is 4.39 Å². The third-order valence-corrected chi connectivity index (χ3v) is 4.17. The Morgan fingerprint density at radius 1 is 1.28 bits per heavy atom. The predicted molar refractivity (Wildman–Crippen MR) is 86.5 cm³/mol. The van der Waals surface area contributed by atoms with E-state index in [0.29, 0.717) is 5.56 Å². The third-order valence-electron chi connectivity index (χ3n) is 4.17. The van der Waals surface area contributed by atoms with Crippen LogP contribution >= 0.6 is 0 Å². The van der Waals surface area contributed by atoms with Crippen LogP contribution in [0.5, 0.6) is 0 Å². The number of ether oxygens (including phenoxy) is 1. The largest absolute Gasteiger partial charge is 0.478 e. The molecule has 1 fully saturated rings. The highest BCUT2D eigenvalue weighted by atomic mass is 19.1. The first-order valence-electron chi connectivity index (χ1n) is 8.02. The summed E-state index contributed by atoms with van der Waals surface area (Å²) in [4.78, 5) is 25.6. The van der Waals surface area contributed by atoms with Crippen molar-refractivity contribution in [3.8, 4) is 0 Å². The van der Waals surface area contributed by atoms with Crippen molar-refractivity contribution >= 4 is 17.5 Å². The second-order valence-corrected chi connectivity index (χ2v) is 5.92. The molecule has 0 aromatic heterocycles. The van der Waals surface area contributed by atoms with E-state index in [-0.39, 0.29) is 29.5 Å². The normalized spacial score (nSPS) is 20.4. The number of esters is 1.